The first-order valence-corrected chi connectivity index (χ1v) is 9.59. The van der Waals surface area contributed by atoms with Crippen LogP contribution in [0, 0.1) is 3.57 Å². The van der Waals surface area contributed by atoms with Gasteiger partial charge in [-0.25, -0.2) is 4.68 Å². The number of halogens is 1. The van der Waals surface area contributed by atoms with E-state index in [-0.39, 0.29) is 12.1 Å². The van der Waals surface area contributed by atoms with Crippen LogP contribution in [0.3, 0.4) is 0 Å². The average Bonchev–Trinajstić information content (AvgIpc) is 3.10. The Morgan fingerprint density at radius 3 is 2.40 bits per heavy atom. The Balaban J connectivity index is 1.68. The van der Waals surface area contributed by atoms with E-state index in [0.29, 0.717) is 5.92 Å². The van der Waals surface area contributed by atoms with Gasteiger partial charge in [-0.1, -0.05) is 55.3 Å². The zero-order valence-electron chi connectivity index (χ0n) is 14.2. The van der Waals surface area contributed by atoms with Crippen LogP contribution in [0.2, 0.25) is 0 Å². The first-order chi connectivity index (χ1) is 12.1. The lowest BCUT2D eigenvalue weighted by Crippen LogP contribution is -2.28. The second-order valence-electron chi connectivity index (χ2n) is 6.77. The van der Waals surface area contributed by atoms with Crippen molar-refractivity contribution < 1.29 is 0 Å². The first-order valence-electron chi connectivity index (χ1n) is 8.51. The summed E-state index contributed by atoms with van der Waals surface area (Å²) in [4.78, 5) is 0. The number of aromatic nitrogens is 4. The van der Waals surface area contributed by atoms with Crippen molar-refractivity contribution in [2.24, 2.45) is 0 Å². The molecule has 0 spiro atoms. The molecule has 3 aromatic rings. The summed E-state index contributed by atoms with van der Waals surface area (Å²) >= 11 is 2.33. The van der Waals surface area contributed by atoms with Crippen LogP contribution >= 0.6 is 22.6 Å². The maximum absolute atomic E-state index is 4.21. The van der Waals surface area contributed by atoms with Crippen molar-refractivity contribution in [1.82, 2.24) is 20.2 Å². The molecule has 0 aliphatic carbocycles. The van der Waals surface area contributed by atoms with E-state index >= 15 is 0 Å². The van der Waals surface area contributed by atoms with Crippen molar-refractivity contribution in [1.29, 1.82) is 0 Å². The summed E-state index contributed by atoms with van der Waals surface area (Å²) in [5, 5.41) is 15.7. The summed E-state index contributed by atoms with van der Waals surface area (Å²) in [5.41, 5.74) is 3.86. The molecule has 1 N–H and O–H groups in total. The molecule has 0 saturated carbocycles. The van der Waals surface area contributed by atoms with Crippen LogP contribution in [0.15, 0.2) is 48.5 Å². The summed E-state index contributed by atoms with van der Waals surface area (Å²) in [7, 11) is 0. The van der Waals surface area contributed by atoms with Crippen molar-refractivity contribution in [3.63, 3.8) is 0 Å². The van der Waals surface area contributed by atoms with Gasteiger partial charge < -0.3 is 5.32 Å². The number of tetrazole rings is 1. The molecule has 0 saturated heterocycles. The van der Waals surface area contributed by atoms with Crippen molar-refractivity contribution in [2.75, 3.05) is 5.32 Å². The number of nitrogens with zero attached hydrogens (tertiary/aromatic N) is 4. The smallest absolute Gasteiger partial charge is 0.243 e. The topological polar surface area (TPSA) is 55.6 Å². The molecule has 0 bridgehead atoms. The predicted octanol–water partition coefficient (Wildman–Crippen LogP) is 4.55. The Kier molecular flexibility index (Phi) is 4.45. The minimum Gasteiger partial charge on any atom is -0.346 e. The zero-order chi connectivity index (χ0) is 17.4. The van der Waals surface area contributed by atoms with Gasteiger partial charge in [-0.3, -0.25) is 0 Å². The minimum absolute atomic E-state index is 0.136. The van der Waals surface area contributed by atoms with Gasteiger partial charge in [0.15, 0.2) is 0 Å². The molecule has 2 aromatic carbocycles. The molecule has 4 rings (SSSR count). The molecule has 0 radical (unpaired) electrons. The number of fused-ring (bicyclic) bond motifs is 1. The quantitative estimate of drug-likeness (QED) is 0.602. The summed E-state index contributed by atoms with van der Waals surface area (Å²) in [5.74, 6) is 1.26. The largest absolute Gasteiger partial charge is 0.346 e. The molecule has 25 heavy (non-hydrogen) atoms. The second-order valence-corrected chi connectivity index (χ2v) is 8.01. The van der Waals surface area contributed by atoms with E-state index in [0.717, 1.165) is 12.4 Å². The van der Waals surface area contributed by atoms with E-state index in [1.807, 2.05) is 4.68 Å². The van der Waals surface area contributed by atoms with Crippen molar-refractivity contribution in [3.8, 4) is 0 Å². The Bertz CT molecular complexity index is 854. The number of hydrogen-bond acceptors (Lipinski definition) is 4. The fraction of sp³-hybridized carbons (Fsp3) is 0.316. The highest BCUT2D eigenvalue weighted by atomic mass is 127. The van der Waals surface area contributed by atoms with Crippen molar-refractivity contribution in [2.45, 2.75) is 38.3 Å². The molecule has 0 amide bonds. The molecule has 128 valence electrons. The molecule has 5 nitrogen and oxygen atoms in total. The molecule has 0 fully saturated rings. The van der Waals surface area contributed by atoms with Gasteiger partial charge in [0.2, 0.25) is 5.95 Å². The zero-order valence-corrected chi connectivity index (χ0v) is 16.4. The van der Waals surface area contributed by atoms with E-state index in [1.165, 1.54) is 20.3 Å². The molecular formula is C19H20IN5. The molecule has 2 unspecified atom stereocenters. The number of rotatable bonds is 3. The number of nitrogens with one attached hydrogen (secondary N) is 1. The number of benzene rings is 2. The van der Waals surface area contributed by atoms with Gasteiger partial charge in [0.05, 0.1) is 12.1 Å². The Morgan fingerprint density at radius 2 is 1.72 bits per heavy atom. The maximum atomic E-state index is 4.21. The van der Waals surface area contributed by atoms with Crippen LogP contribution in [-0.2, 0) is 0 Å². The average molecular weight is 445 g/mol. The Labute approximate surface area is 161 Å². The molecule has 1 aromatic heterocycles. The predicted molar refractivity (Wildman–Crippen MR) is 107 cm³/mol. The number of anilines is 1. The van der Waals surface area contributed by atoms with Gasteiger partial charge in [0.25, 0.3) is 0 Å². The Hall–Kier alpha value is -1.96. The molecule has 2 atom stereocenters. The third-order valence-corrected chi connectivity index (χ3v) is 5.53. The normalized spacial score (nSPS) is 19.5. The van der Waals surface area contributed by atoms with E-state index in [1.54, 1.807) is 0 Å². The highest BCUT2D eigenvalue weighted by Crippen LogP contribution is 2.37. The standard InChI is InChI=1S/C19H20IN5/c1-12(2)13-3-5-15(6-4-13)18-11-17(14-7-9-16(20)10-8-14)21-19-22-23-24-25(18)19/h3-10,12,17-18H,11H2,1-2H3,(H,21,22,24). The minimum atomic E-state index is 0.136. The molecule has 1 aliphatic heterocycles. The Morgan fingerprint density at radius 1 is 1.04 bits per heavy atom. The van der Waals surface area contributed by atoms with Gasteiger partial charge in [-0.05, 0) is 74.2 Å². The summed E-state index contributed by atoms with van der Waals surface area (Å²) in [6, 6.07) is 17.8. The molecular weight excluding hydrogens is 425 g/mol. The van der Waals surface area contributed by atoms with Crippen LogP contribution in [0.5, 0.6) is 0 Å². The van der Waals surface area contributed by atoms with E-state index in [9.17, 15) is 0 Å². The molecule has 6 heteroatoms. The highest BCUT2D eigenvalue weighted by Gasteiger charge is 2.30. The van der Waals surface area contributed by atoms with Crippen LogP contribution in [0.4, 0.5) is 5.95 Å². The lowest BCUT2D eigenvalue weighted by atomic mass is 9.92. The second kappa shape index (κ2) is 6.74. The molecule has 2 heterocycles. The fourth-order valence-corrected chi connectivity index (χ4v) is 3.69. The van der Waals surface area contributed by atoms with Crippen LogP contribution < -0.4 is 5.32 Å². The van der Waals surface area contributed by atoms with Gasteiger partial charge in [-0.2, -0.15) is 0 Å². The molecule has 1 aliphatic rings. The van der Waals surface area contributed by atoms with Crippen LogP contribution in [0.25, 0.3) is 0 Å². The van der Waals surface area contributed by atoms with E-state index in [2.05, 4.69) is 106 Å². The lowest BCUT2D eigenvalue weighted by molar-refractivity contribution is 0.423. The fourth-order valence-electron chi connectivity index (χ4n) is 3.33. The third-order valence-electron chi connectivity index (χ3n) is 4.81. The monoisotopic (exact) mass is 445 g/mol. The van der Waals surface area contributed by atoms with Gasteiger partial charge in [-0.15, -0.1) is 0 Å². The SMILES string of the molecule is CC(C)c1ccc(C2CC(c3ccc(I)cc3)Nc3nnnn32)cc1. The first kappa shape index (κ1) is 16.5. The van der Waals surface area contributed by atoms with Crippen molar-refractivity contribution >= 4 is 28.5 Å². The van der Waals surface area contributed by atoms with Crippen molar-refractivity contribution in [3.05, 3.63) is 68.8 Å². The highest BCUT2D eigenvalue weighted by molar-refractivity contribution is 14.1. The summed E-state index contributed by atoms with van der Waals surface area (Å²) in [6.07, 6.45) is 0.916. The van der Waals surface area contributed by atoms with Gasteiger partial charge >= 0.3 is 0 Å². The number of hydrogen-bond donors (Lipinski definition) is 1. The lowest BCUT2D eigenvalue weighted by Gasteiger charge is -2.31. The summed E-state index contributed by atoms with van der Waals surface area (Å²) < 4.78 is 3.14. The van der Waals surface area contributed by atoms with E-state index < -0.39 is 0 Å². The van der Waals surface area contributed by atoms with Gasteiger partial charge in [0.1, 0.15) is 0 Å². The maximum Gasteiger partial charge on any atom is 0.243 e. The van der Waals surface area contributed by atoms with Crippen LogP contribution in [-0.4, -0.2) is 20.2 Å². The summed E-state index contributed by atoms with van der Waals surface area (Å²) in [6.45, 7) is 4.43. The van der Waals surface area contributed by atoms with E-state index in [4.69, 9.17) is 0 Å². The third kappa shape index (κ3) is 3.27. The van der Waals surface area contributed by atoms with Gasteiger partial charge in [0, 0.05) is 3.57 Å². The van der Waals surface area contributed by atoms with Crippen LogP contribution in [0.1, 0.15) is 55.0 Å².